The molecule has 0 saturated heterocycles. The molecule has 0 unspecified atom stereocenters. The van der Waals surface area contributed by atoms with Crippen molar-refractivity contribution in [2.75, 3.05) is 24.6 Å². The van der Waals surface area contributed by atoms with Crippen LogP contribution in [0.1, 0.15) is 10.4 Å². The van der Waals surface area contributed by atoms with E-state index in [0.29, 0.717) is 23.5 Å². The van der Waals surface area contributed by atoms with Crippen LogP contribution in [0.5, 0.6) is 5.75 Å². The molecule has 1 aromatic rings. The number of amides is 1. The Hall–Kier alpha value is -2.14. The summed E-state index contributed by atoms with van der Waals surface area (Å²) in [5, 5.41) is 0. The molecule has 5 nitrogen and oxygen atoms in total. The Labute approximate surface area is 105 Å². The summed E-state index contributed by atoms with van der Waals surface area (Å²) in [5.74, 6) is 0.263. The third kappa shape index (κ3) is 2.12. The molecule has 0 saturated carbocycles. The number of carbonyl (C=O) groups is 2. The topological polar surface area (TPSA) is 72.6 Å². The Morgan fingerprint density at radius 3 is 3.00 bits per heavy atom. The number of hydrogen-bond donors (Lipinski definition) is 1. The smallest absolute Gasteiger partial charge is 0.265 e. The molecule has 0 fully saturated rings. The first-order valence-corrected chi connectivity index (χ1v) is 5.58. The van der Waals surface area contributed by atoms with E-state index in [9.17, 15) is 9.59 Å². The van der Waals surface area contributed by atoms with Gasteiger partial charge in [-0.15, -0.1) is 6.58 Å². The van der Waals surface area contributed by atoms with Crippen molar-refractivity contribution in [3.63, 3.8) is 0 Å². The van der Waals surface area contributed by atoms with Crippen LogP contribution in [0.4, 0.5) is 5.69 Å². The van der Waals surface area contributed by atoms with Crippen molar-refractivity contribution in [3.8, 4) is 5.75 Å². The average Bonchev–Trinajstić information content (AvgIpc) is 2.40. The number of nitrogens with two attached hydrogens (primary N) is 1. The van der Waals surface area contributed by atoms with E-state index in [-0.39, 0.29) is 24.8 Å². The summed E-state index contributed by atoms with van der Waals surface area (Å²) in [6, 6.07) is 4.96. The van der Waals surface area contributed by atoms with Gasteiger partial charge in [-0.2, -0.15) is 0 Å². The average molecular weight is 246 g/mol. The number of anilines is 1. The van der Waals surface area contributed by atoms with Crippen LogP contribution < -0.4 is 15.4 Å². The van der Waals surface area contributed by atoms with Crippen molar-refractivity contribution in [3.05, 3.63) is 36.4 Å². The molecule has 2 rings (SSSR count). The minimum Gasteiger partial charge on any atom is -0.482 e. The monoisotopic (exact) mass is 246 g/mol. The highest BCUT2D eigenvalue weighted by Gasteiger charge is 2.25. The van der Waals surface area contributed by atoms with Gasteiger partial charge in [-0.3, -0.25) is 9.59 Å². The molecule has 1 aliphatic heterocycles. The Morgan fingerprint density at radius 1 is 1.56 bits per heavy atom. The van der Waals surface area contributed by atoms with E-state index in [1.165, 1.54) is 0 Å². The molecule has 0 radical (unpaired) electrons. The maximum Gasteiger partial charge on any atom is 0.265 e. The first kappa shape index (κ1) is 12.3. The summed E-state index contributed by atoms with van der Waals surface area (Å²) >= 11 is 0. The number of benzene rings is 1. The van der Waals surface area contributed by atoms with Gasteiger partial charge in [0.1, 0.15) is 5.75 Å². The van der Waals surface area contributed by atoms with Crippen molar-refractivity contribution < 1.29 is 14.3 Å². The van der Waals surface area contributed by atoms with Crippen LogP contribution in [-0.2, 0) is 4.79 Å². The fourth-order valence-corrected chi connectivity index (χ4v) is 1.82. The second kappa shape index (κ2) is 5.01. The molecule has 2 N–H and O–H groups in total. The molecule has 0 bridgehead atoms. The van der Waals surface area contributed by atoms with Crippen LogP contribution in [0.25, 0.3) is 0 Å². The van der Waals surface area contributed by atoms with E-state index >= 15 is 0 Å². The van der Waals surface area contributed by atoms with Crippen molar-refractivity contribution >= 4 is 17.4 Å². The van der Waals surface area contributed by atoms with Crippen molar-refractivity contribution in [2.45, 2.75) is 0 Å². The molecule has 0 spiro atoms. The van der Waals surface area contributed by atoms with Crippen LogP contribution in [0.15, 0.2) is 30.9 Å². The van der Waals surface area contributed by atoms with Crippen molar-refractivity contribution in [2.24, 2.45) is 5.73 Å². The fraction of sp³-hybridized carbons (Fsp3) is 0.231. The van der Waals surface area contributed by atoms with Gasteiger partial charge < -0.3 is 15.4 Å². The summed E-state index contributed by atoms with van der Waals surface area (Å²) in [6.07, 6.45) is 1.63. The lowest BCUT2D eigenvalue weighted by molar-refractivity contribution is -0.121. The normalized spacial score (nSPS) is 13.8. The van der Waals surface area contributed by atoms with E-state index < -0.39 is 0 Å². The second-order valence-corrected chi connectivity index (χ2v) is 3.89. The molecule has 0 aliphatic carbocycles. The molecule has 0 aromatic heterocycles. The Kier molecular flexibility index (Phi) is 3.43. The van der Waals surface area contributed by atoms with Gasteiger partial charge in [0.25, 0.3) is 5.91 Å². The van der Waals surface area contributed by atoms with Gasteiger partial charge in [-0.1, -0.05) is 6.08 Å². The Balaban J connectivity index is 2.44. The summed E-state index contributed by atoms with van der Waals surface area (Å²) in [6.45, 7) is 3.94. The molecule has 1 heterocycles. The Morgan fingerprint density at radius 2 is 2.33 bits per heavy atom. The first-order chi connectivity index (χ1) is 8.67. The van der Waals surface area contributed by atoms with E-state index in [1.807, 2.05) is 0 Å². The van der Waals surface area contributed by atoms with Crippen LogP contribution >= 0.6 is 0 Å². The van der Waals surface area contributed by atoms with E-state index in [4.69, 9.17) is 10.5 Å². The Bertz CT molecular complexity index is 511. The van der Waals surface area contributed by atoms with Gasteiger partial charge in [0.15, 0.2) is 12.4 Å². The largest absolute Gasteiger partial charge is 0.482 e. The molecule has 1 aromatic carbocycles. The molecule has 1 amide bonds. The van der Waals surface area contributed by atoms with E-state index in [0.717, 1.165) is 0 Å². The van der Waals surface area contributed by atoms with E-state index in [2.05, 4.69) is 6.58 Å². The molecular formula is C13H14N2O3. The zero-order valence-electron chi connectivity index (χ0n) is 9.89. The SMILES string of the molecule is C=CCN1C(=O)COc2ccc(C(=O)CN)cc21. The van der Waals surface area contributed by atoms with Gasteiger partial charge in [0.2, 0.25) is 0 Å². The lowest BCUT2D eigenvalue weighted by Gasteiger charge is -2.28. The second-order valence-electron chi connectivity index (χ2n) is 3.89. The lowest BCUT2D eigenvalue weighted by atomic mass is 10.1. The standard InChI is InChI=1S/C13H14N2O3/c1-2-5-15-10-6-9(11(16)7-14)3-4-12(10)18-8-13(15)17/h2-4,6H,1,5,7-8,14H2. The predicted octanol–water partition coefficient (Wildman–Crippen LogP) is 0.739. The number of fused-ring (bicyclic) bond motifs is 1. The summed E-state index contributed by atoms with van der Waals surface area (Å²) in [5.41, 5.74) is 6.39. The number of ether oxygens (including phenoxy) is 1. The number of ketones is 1. The van der Waals surface area contributed by atoms with Gasteiger partial charge in [-0.25, -0.2) is 0 Å². The van der Waals surface area contributed by atoms with Gasteiger partial charge >= 0.3 is 0 Å². The zero-order valence-corrected chi connectivity index (χ0v) is 9.89. The molecule has 18 heavy (non-hydrogen) atoms. The number of hydrogen-bond acceptors (Lipinski definition) is 4. The third-order valence-corrected chi connectivity index (χ3v) is 2.72. The number of rotatable bonds is 4. The number of nitrogens with zero attached hydrogens (tertiary/aromatic N) is 1. The van der Waals surface area contributed by atoms with Crippen molar-refractivity contribution in [1.82, 2.24) is 0 Å². The lowest BCUT2D eigenvalue weighted by Crippen LogP contribution is -2.39. The predicted molar refractivity (Wildman–Crippen MR) is 67.9 cm³/mol. The molecular weight excluding hydrogens is 232 g/mol. The fourth-order valence-electron chi connectivity index (χ4n) is 1.82. The summed E-state index contributed by atoms with van der Waals surface area (Å²) in [7, 11) is 0. The number of Topliss-reactive ketones (excluding diaryl/α,β-unsaturated/α-hetero) is 1. The van der Waals surface area contributed by atoms with Crippen LogP contribution in [-0.4, -0.2) is 31.4 Å². The highest BCUT2D eigenvalue weighted by molar-refractivity contribution is 6.02. The third-order valence-electron chi connectivity index (χ3n) is 2.72. The van der Waals surface area contributed by atoms with Gasteiger partial charge in [0, 0.05) is 12.1 Å². The van der Waals surface area contributed by atoms with Crippen LogP contribution in [0.3, 0.4) is 0 Å². The maximum atomic E-state index is 11.7. The highest BCUT2D eigenvalue weighted by Crippen LogP contribution is 2.32. The van der Waals surface area contributed by atoms with Crippen LogP contribution in [0, 0.1) is 0 Å². The van der Waals surface area contributed by atoms with Gasteiger partial charge in [-0.05, 0) is 18.2 Å². The van der Waals surface area contributed by atoms with E-state index in [1.54, 1.807) is 29.2 Å². The summed E-state index contributed by atoms with van der Waals surface area (Å²) in [4.78, 5) is 24.8. The molecule has 5 heteroatoms. The first-order valence-electron chi connectivity index (χ1n) is 5.58. The highest BCUT2D eigenvalue weighted by atomic mass is 16.5. The quantitative estimate of drug-likeness (QED) is 0.628. The minimum absolute atomic E-state index is 0.00498. The molecule has 0 atom stereocenters. The van der Waals surface area contributed by atoms with Crippen molar-refractivity contribution in [1.29, 1.82) is 0 Å². The molecule has 1 aliphatic rings. The number of carbonyl (C=O) groups excluding carboxylic acids is 2. The zero-order chi connectivity index (χ0) is 13.1. The minimum atomic E-state index is -0.172. The van der Waals surface area contributed by atoms with Crippen LogP contribution in [0.2, 0.25) is 0 Å². The summed E-state index contributed by atoms with van der Waals surface area (Å²) < 4.78 is 5.31. The van der Waals surface area contributed by atoms with Gasteiger partial charge in [0.05, 0.1) is 12.2 Å². The molecule has 94 valence electrons. The maximum absolute atomic E-state index is 11.7.